The Balaban J connectivity index is 2.50. The van der Waals surface area contributed by atoms with Crippen LogP contribution < -0.4 is 0 Å². The third-order valence-electron chi connectivity index (χ3n) is 2.11. The van der Waals surface area contributed by atoms with Crippen LogP contribution in [-0.2, 0) is 20.9 Å². The van der Waals surface area contributed by atoms with E-state index in [-0.39, 0.29) is 19.6 Å². The predicted octanol–water partition coefficient (Wildman–Crippen LogP) is 0.817. The molecule has 17 heavy (non-hydrogen) atoms. The van der Waals surface area contributed by atoms with Crippen molar-refractivity contribution >= 4 is 12.0 Å². The maximum Gasteiger partial charge on any atom is 0.332 e. The zero-order valence-corrected chi connectivity index (χ0v) is 9.20. The smallest absolute Gasteiger partial charge is 0.332 e. The molecule has 0 spiro atoms. The van der Waals surface area contributed by atoms with E-state index in [1.54, 1.807) is 0 Å². The first kappa shape index (κ1) is 13.1. The highest BCUT2D eigenvalue weighted by molar-refractivity contribution is 5.76. The Morgan fingerprint density at radius 3 is 2.71 bits per heavy atom. The minimum Gasteiger partial charge on any atom is -0.459 e. The fraction of sp³-hybridized carbons (Fsp3) is 0.333. The van der Waals surface area contributed by atoms with Crippen molar-refractivity contribution in [3.8, 4) is 0 Å². The standard InChI is InChI=1S/C12H13NO4/c14-7-6-11(13-9-15)12(16)17-8-10-4-2-1-3-5-10/h1-5,11,14H,6-8H2. The molecule has 0 heterocycles. The van der Waals surface area contributed by atoms with Crippen LogP contribution in [0.5, 0.6) is 0 Å². The Labute approximate surface area is 98.7 Å². The SMILES string of the molecule is O=C=NC(CCO)C(=O)OCc1ccccc1. The molecule has 1 aromatic carbocycles. The lowest BCUT2D eigenvalue weighted by Gasteiger charge is -2.09. The van der Waals surface area contributed by atoms with Gasteiger partial charge in [0.05, 0.1) is 0 Å². The van der Waals surface area contributed by atoms with Gasteiger partial charge in [0.25, 0.3) is 0 Å². The summed E-state index contributed by atoms with van der Waals surface area (Å²) >= 11 is 0. The highest BCUT2D eigenvalue weighted by Gasteiger charge is 2.18. The first-order valence-electron chi connectivity index (χ1n) is 5.16. The van der Waals surface area contributed by atoms with Gasteiger partial charge >= 0.3 is 5.97 Å². The molecule has 0 aliphatic heterocycles. The molecule has 0 bridgehead atoms. The van der Waals surface area contributed by atoms with Crippen LogP contribution in [0.4, 0.5) is 0 Å². The Kier molecular flexibility index (Phi) is 5.64. The van der Waals surface area contributed by atoms with Crippen LogP contribution in [0.2, 0.25) is 0 Å². The highest BCUT2D eigenvalue weighted by Crippen LogP contribution is 2.05. The minimum absolute atomic E-state index is 0.0584. The summed E-state index contributed by atoms with van der Waals surface area (Å²) in [5.41, 5.74) is 0.846. The Hall–Kier alpha value is -1.97. The van der Waals surface area contributed by atoms with Gasteiger partial charge in [0.1, 0.15) is 6.61 Å². The Bertz CT molecular complexity index is 398. The van der Waals surface area contributed by atoms with Gasteiger partial charge in [-0.05, 0) is 5.56 Å². The van der Waals surface area contributed by atoms with Crippen molar-refractivity contribution in [1.82, 2.24) is 0 Å². The topological polar surface area (TPSA) is 76.0 Å². The lowest BCUT2D eigenvalue weighted by atomic mass is 10.2. The number of aliphatic hydroxyl groups excluding tert-OH is 1. The second kappa shape index (κ2) is 7.33. The van der Waals surface area contributed by atoms with Crippen LogP contribution in [-0.4, -0.2) is 29.8 Å². The summed E-state index contributed by atoms with van der Waals surface area (Å²) in [5.74, 6) is -0.633. The van der Waals surface area contributed by atoms with Crippen molar-refractivity contribution < 1.29 is 19.4 Å². The van der Waals surface area contributed by atoms with Crippen molar-refractivity contribution in [2.75, 3.05) is 6.61 Å². The summed E-state index contributed by atoms with van der Waals surface area (Å²) in [5, 5.41) is 8.70. The summed E-state index contributed by atoms with van der Waals surface area (Å²) in [6.45, 7) is -0.119. The van der Waals surface area contributed by atoms with E-state index in [2.05, 4.69) is 4.99 Å². The number of aliphatic hydroxyl groups is 1. The van der Waals surface area contributed by atoms with Gasteiger partial charge in [0, 0.05) is 13.0 Å². The van der Waals surface area contributed by atoms with Gasteiger partial charge in [-0.3, -0.25) is 0 Å². The quantitative estimate of drug-likeness (QED) is 0.450. The van der Waals surface area contributed by atoms with E-state index < -0.39 is 12.0 Å². The Morgan fingerprint density at radius 2 is 2.12 bits per heavy atom. The van der Waals surface area contributed by atoms with E-state index in [9.17, 15) is 9.59 Å². The van der Waals surface area contributed by atoms with Crippen LogP contribution in [0.25, 0.3) is 0 Å². The third-order valence-corrected chi connectivity index (χ3v) is 2.11. The molecule has 0 radical (unpaired) electrons. The number of nitrogens with zero attached hydrogens (tertiary/aromatic N) is 1. The van der Waals surface area contributed by atoms with Crippen LogP contribution >= 0.6 is 0 Å². The number of aliphatic imine (C=N–C) groups is 1. The van der Waals surface area contributed by atoms with E-state index in [4.69, 9.17) is 9.84 Å². The number of carbonyl (C=O) groups is 1. The van der Waals surface area contributed by atoms with E-state index in [0.29, 0.717) is 0 Å². The van der Waals surface area contributed by atoms with E-state index in [0.717, 1.165) is 5.56 Å². The van der Waals surface area contributed by atoms with Gasteiger partial charge < -0.3 is 9.84 Å². The number of ether oxygens (including phenoxy) is 1. The fourth-order valence-corrected chi connectivity index (χ4v) is 1.25. The maximum atomic E-state index is 11.5. The molecular formula is C12H13NO4. The molecule has 5 nitrogen and oxygen atoms in total. The van der Waals surface area contributed by atoms with Crippen LogP contribution in [0.1, 0.15) is 12.0 Å². The number of esters is 1. The van der Waals surface area contributed by atoms with Gasteiger partial charge in [-0.25, -0.2) is 9.59 Å². The lowest BCUT2D eigenvalue weighted by molar-refractivity contribution is -0.146. The third kappa shape index (κ3) is 4.59. The summed E-state index contributed by atoms with van der Waals surface area (Å²) in [6.07, 6.45) is 1.35. The monoisotopic (exact) mass is 235 g/mol. The van der Waals surface area contributed by atoms with Gasteiger partial charge in [0.15, 0.2) is 6.04 Å². The predicted molar refractivity (Wildman–Crippen MR) is 59.9 cm³/mol. The van der Waals surface area contributed by atoms with E-state index >= 15 is 0 Å². The summed E-state index contributed by atoms with van der Waals surface area (Å²) in [4.78, 5) is 24.9. The molecule has 0 aromatic heterocycles. The molecule has 0 saturated carbocycles. The second-order valence-corrected chi connectivity index (χ2v) is 3.34. The fourth-order valence-electron chi connectivity index (χ4n) is 1.25. The highest BCUT2D eigenvalue weighted by atomic mass is 16.5. The molecule has 1 atom stereocenters. The van der Waals surface area contributed by atoms with Crippen molar-refractivity contribution in [2.24, 2.45) is 4.99 Å². The zero-order valence-electron chi connectivity index (χ0n) is 9.20. The first-order valence-corrected chi connectivity index (χ1v) is 5.16. The molecule has 0 saturated heterocycles. The number of isocyanates is 1. The normalized spacial score (nSPS) is 11.4. The molecular weight excluding hydrogens is 222 g/mol. The van der Waals surface area contributed by atoms with Crippen LogP contribution in [0.3, 0.4) is 0 Å². The van der Waals surface area contributed by atoms with Crippen LogP contribution in [0.15, 0.2) is 35.3 Å². The molecule has 1 aromatic rings. The van der Waals surface area contributed by atoms with Crippen molar-refractivity contribution in [2.45, 2.75) is 19.1 Å². The molecule has 1 unspecified atom stereocenters. The van der Waals surface area contributed by atoms with Gasteiger partial charge in [0.2, 0.25) is 6.08 Å². The van der Waals surface area contributed by atoms with Crippen molar-refractivity contribution in [3.63, 3.8) is 0 Å². The summed E-state index contributed by atoms with van der Waals surface area (Å²) < 4.78 is 4.97. The molecule has 0 aliphatic carbocycles. The van der Waals surface area contributed by atoms with Gasteiger partial charge in [-0.15, -0.1) is 0 Å². The number of hydrogen-bond donors (Lipinski definition) is 1. The van der Waals surface area contributed by atoms with Gasteiger partial charge in [-0.1, -0.05) is 30.3 Å². The Morgan fingerprint density at radius 1 is 1.41 bits per heavy atom. The summed E-state index contributed by atoms with van der Waals surface area (Å²) in [7, 11) is 0. The van der Waals surface area contributed by atoms with Crippen LogP contribution in [0, 0.1) is 0 Å². The zero-order chi connectivity index (χ0) is 12.5. The average molecular weight is 235 g/mol. The molecule has 0 fully saturated rings. The average Bonchev–Trinajstić information content (AvgIpc) is 2.37. The molecule has 0 amide bonds. The molecule has 1 N–H and O–H groups in total. The van der Waals surface area contributed by atoms with E-state index in [1.165, 1.54) is 6.08 Å². The number of carbonyl (C=O) groups excluding carboxylic acids is 2. The molecule has 90 valence electrons. The maximum absolute atomic E-state index is 11.5. The lowest BCUT2D eigenvalue weighted by Crippen LogP contribution is -2.22. The number of hydrogen-bond acceptors (Lipinski definition) is 5. The summed E-state index contributed by atoms with van der Waals surface area (Å²) in [6, 6.07) is 8.18. The molecule has 1 rings (SSSR count). The van der Waals surface area contributed by atoms with Crippen molar-refractivity contribution in [3.05, 3.63) is 35.9 Å². The number of benzene rings is 1. The first-order chi connectivity index (χ1) is 8.27. The number of rotatable bonds is 6. The van der Waals surface area contributed by atoms with Crippen molar-refractivity contribution in [1.29, 1.82) is 0 Å². The molecule has 0 aliphatic rings. The van der Waals surface area contributed by atoms with Gasteiger partial charge in [-0.2, -0.15) is 4.99 Å². The minimum atomic E-state index is -0.971. The largest absolute Gasteiger partial charge is 0.459 e. The van der Waals surface area contributed by atoms with E-state index in [1.807, 2.05) is 30.3 Å². The molecule has 5 heteroatoms. The second-order valence-electron chi connectivity index (χ2n) is 3.34.